The first-order valence-electron chi connectivity index (χ1n) is 9.72. The first kappa shape index (κ1) is 20.0. The first-order chi connectivity index (χ1) is 13.7. The summed E-state index contributed by atoms with van der Waals surface area (Å²) in [6, 6.07) is 16.2. The summed E-state index contributed by atoms with van der Waals surface area (Å²) < 4.78 is 11.1. The Kier molecular flexibility index (Phi) is 7.14. The Morgan fingerprint density at radius 1 is 1.04 bits per heavy atom. The van der Waals surface area contributed by atoms with Gasteiger partial charge in [-0.1, -0.05) is 36.4 Å². The van der Waals surface area contributed by atoms with E-state index in [1.807, 2.05) is 36.1 Å². The van der Waals surface area contributed by atoms with Gasteiger partial charge in [0.05, 0.1) is 13.7 Å². The normalized spacial score (nSPS) is 14.6. The van der Waals surface area contributed by atoms with Crippen molar-refractivity contribution in [2.75, 3.05) is 46.4 Å². The molecule has 1 saturated heterocycles. The van der Waals surface area contributed by atoms with E-state index in [0.717, 1.165) is 38.3 Å². The molecule has 3 rings (SSSR count). The summed E-state index contributed by atoms with van der Waals surface area (Å²) in [7, 11) is 1.63. The van der Waals surface area contributed by atoms with E-state index in [9.17, 15) is 4.79 Å². The molecule has 0 aliphatic carbocycles. The molecule has 1 N–H and O–H groups in total. The smallest absolute Gasteiger partial charge is 0.317 e. The van der Waals surface area contributed by atoms with E-state index in [4.69, 9.17) is 9.47 Å². The fourth-order valence-corrected chi connectivity index (χ4v) is 3.28. The number of benzene rings is 2. The van der Waals surface area contributed by atoms with Gasteiger partial charge in [0.15, 0.2) is 11.5 Å². The summed E-state index contributed by atoms with van der Waals surface area (Å²) in [4.78, 5) is 16.6. The summed E-state index contributed by atoms with van der Waals surface area (Å²) in [5.74, 6) is 1.40. The molecule has 1 fully saturated rings. The summed E-state index contributed by atoms with van der Waals surface area (Å²) in [5, 5.41) is 2.94. The van der Waals surface area contributed by atoms with Crippen molar-refractivity contribution < 1.29 is 14.3 Å². The molecule has 0 saturated carbocycles. The summed E-state index contributed by atoms with van der Waals surface area (Å²) in [5.41, 5.74) is 2.42. The zero-order valence-electron chi connectivity index (χ0n) is 16.7. The van der Waals surface area contributed by atoms with Gasteiger partial charge in [-0.15, -0.1) is 0 Å². The first-order valence-corrected chi connectivity index (χ1v) is 9.72. The minimum Gasteiger partial charge on any atom is -0.493 e. The summed E-state index contributed by atoms with van der Waals surface area (Å²) in [6.07, 6.45) is 0. The monoisotopic (exact) mass is 383 g/mol. The van der Waals surface area contributed by atoms with Gasteiger partial charge in [0.1, 0.15) is 6.61 Å². The van der Waals surface area contributed by atoms with Crippen LogP contribution in [0, 0.1) is 6.92 Å². The quantitative estimate of drug-likeness (QED) is 0.747. The molecule has 1 aliphatic heterocycles. The molecule has 0 bridgehead atoms. The molecule has 0 spiro atoms. The number of nitrogens with one attached hydrogen (secondary N) is 1. The molecule has 0 atom stereocenters. The van der Waals surface area contributed by atoms with Crippen molar-refractivity contribution in [3.8, 4) is 11.5 Å². The van der Waals surface area contributed by atoms with Crippen molar-refractivity contribution in [2.45, 2.75) is 13.5 Å². The topological polar surface area (TPSA) is 54.0 Å². The highest BCUT2D eigenvalue weighted by molar-refractivity contribution is 5.74. The van der Waals surface area contributed by atoms with Crippen LogP contribution in [0.5, 0.6) is 11.5 Å². The Labute approximate surface area is 167 Å². The highest BCUT2D eigenvalue weighted by Gasteiger charge is 2.20. The van der Waals surface area contributed by atoms with Crippen LogP contribution in [0.25, 0.3) is 0 Å². The summed E-state index contributed by atoms with van der Waals surface area (Å²) in [6.45, 7) is 7.06. The van der Waals surface area contributed by atoms with Gasteiger partial charge in [0, 0.05) is 32.7 Å². The molecule has 0 aromatic heterocycles. The number of carbonyl (C=O) groups is 1. The van der Waals surface area contributed by atoms with E-state index < -0.39 is 0 Å². The minimum atomic E-state index is -0.0289. The molecule has 6 nitrogen and oxygen atoms in total. The fourth-order valence-electron chi connectivity index (χ4n) is 3.28. The van der Waals surface area contributed by atoms with Crippen LogP contribution in [-0.4, -0.2) is 62.3 Å². The number of nitrogens with zero attached hydrogens (tertiary/aromatic N) is 2. The number of aryl methyl sites for hydroxylation is 1. The van der Waals surface area contributed by atoms with Gasteiger partial charge in [-0.2, -0.15) is 0 Å². The second kappa shape index (κ2) is 9.99. The van der Waals surface area contributed by atoms with Crippen LogP contribution >= 0.6 is 0 Å². The SMILES string of the molecule is COc1cc(C)ccc1OCCNC(=O)N1CCN(Cc2ccccc2)CC1. The largest absolute Gasteiger partial charge is 0.493 e. The maximum atomic E-state index is 12.4. The van der Waals surface area contributed by atoms with E-state index in [2.05, 4.69) is 34.5 Å². The predicted octanol–water partition coefficient (Wildman–Crippen LogP) is 2.91. The Bertz CT molecular complexity index is 759. The highest BCUT2D eigenvalue weighted by atomic mass is 16.5. The van der Waals surface area contributed by atoms with Gasteiger partial charge in [-0.05, 0) is 30.2 Å². The number of hydrogen-bond donors (Lipinski definition) is 1. The second-order valence-electron chi connectivity index (χ2n) is 6.98. The van der Waals surface area contributed by atoms with Crippen LogP contribution in [0.3, 0.4) is 0 Å². The van der Waals surface area contributed by atoms with Crippen LogP contribution < -0.4 is 14.8 Å². The number of carbonyl (C=O) groups excluding carboxylic acids is 1. The van der Waals surface area contributed by atoms with Crippen molar-refractivity contribution >= 4 is 6.03 Å². The third-order valence-electron chi connectivity index (χ3n) is 4.86. The molecule has 150 valence electrons. The van der Waals surface area contributed by atoms with Gasteiger partial charge in [0.25, 0.3) is 0 Å². The van der Waals surface area contributed by atoms with Gasteiger partial charge < -0.3 is 19.7 Å². The second-order valence-corrected chi connectivity index (χ2v) is 6.98. The highest BCUT2D eigenvalue weighted by Crippen LogP contribution is 2.27. The van der Waals surface area contributed by atoms with E-state index in [0.29, 0.717) is 24.7 Å². The molecule has 2 aromatic carbocycles. The lowest BCUT2D eigenvalue weighted by Gasteiger charge is -2.34. The van der Waals surface area contributed by atoms with Crippen LogP contribution in [-0.2, 0) is 6.54 Å². The van der Waals surface area contributed by atoms with Crippen molar-refractivity contribution in [1.82, 2.24) is 15.1 Å². The average molecular weight is 383 g/mol. The standard InChI is InChI=1S/C22H29N3O3/c1-18-8-9-20(21(16-18)27-2)28-15-10-23-22(26)25-13-11-24(12-14-25)17-19-6-4-3-5-7-19/h3-9,16H,10-15,17H2,1-2H3,(H,23,26). The van der Waals surface area contributed by atoms with E-state index >= 15 is 0 Å². The van der Waals surface area contributed by atoms with Crippen molar-refractivity contribution in [3.05, 3.63) is 59.7 Å². The Hall–Kier alpha value is -2.73. The zero-order valence-corrected chi connectivity index (χ0v) is 16.7. The molecule has 28 heavy (non-hydrogen) atoms. The zero-order chi connectivity index (χ0) is 19.8. The van der Waals surface area contributed by atoms with Crippen LogP contribution in [0.2, 0.25) is 0 Å². The van der Waals surface area contributed by atoms with Crippen molar-refractivity contribution in [2.24, 2.45) is 0 Å². The number of rotatable bonds is 7. The lowest BCUT2D eigenvalue weighted by atomic mass is 10.2. The molecule has 1 heterocycles. The maximum absolute atomic E-state index is 12.4. The number of piperazine rings is 1. The fraction of sp³-hybridized carbons (Fsp3) is 0.409. The third-order valence-corrected chi connectivity index (χ3v) is 4.86. The van der Waals surface area contributed by atoms with E-state index in [1.54, 1.807) is 7.11 Å². The van der Waals surface area contributed by atoms with Gasteiger partial charge in [-0.3, -0.25) is 4.90 Å². The molecule has 6 heteroatoms. The van der Waals surface area contributed by atoms with Crippen LogP contribution in [0.15, 0.2) is 48.5 Å². The van der Waals surface area contributed by atoms with E-state index in [1.165, 1.54) is 5.56 Å². The maximum Gasteiger partial charge on any atom is 0.317 e. The lowest BCUT2D eigenvalue weighted by Crippen LogP contribution is -2.51. The molecule has 0 radical (unpaired) electrons. The van der Waals surface area contributed by atoms with Gasteiger partial charge in [0.2, 0.25) is 0 Å². The Morgan fingerprint density at radius 3 is 2.50 bits per heavy atom. The van der Waals surface area contributed by atoms with Crippen molar-refractivity contribution in [3.63, 3.8) is 0 Å². The number of methoxy groups -OCH3 is 1. The van der Waals surface area contributed by atoms with Crippen molar-refractivity contribution in [1.29, 1.82) is 0 Å². The molecular formula is C22H29N3O3. The molecule has 0 unspecified atom stereocenters. The van der Waals surface area contributed by atoms with E-state index in [-0.39, 0.29) is 6.03 Å². The molecule has 2 amide bonds. The molecule has 1 aliphatic rings. The van der Waals surface area contributed by atoms with Crippen LogP contribution in [0.1, 0.15) is 11.1 Å². The minimum absolute atomic E-state index is 0.0289. The Morgan fingerprint density at radius 2 is 1.79 bits per heavy atom. The number of urea groups is 1. The lowest BCUT2D eigenvalue weighted by molar-refractivity contribution is 0.134. The molecular weight excluding hydrogens is 354 g/mol. The third kappa shape index (κ3) is 5.63. The average Bonchev–Trinajstić information content (AvgIpc) is 2.73. The Balaban J connectivity index is 1.36. The predicted molar refractivity (Wildman–Crippen MR) is 110 cm³/mol. The summed E-state index contributed by atoms with van der Waals surface area (Å²) >= 11 is 0. The van der Waals surface area contributed by atoms with Crippen LogP contribution in [0.4, 0.5) is 4.79 Å². The number of amides is 2. The van der Waals surface area contributed by atoms with Gasteiger partial charge in [-0.25, -0.2) is 4.79 Å². The number of hydrogen-bond acceptors (Lipinski definition) is 4. The van der Waals surface area contributed by atoms with Gasteiger partial charge >= 0.3 is 6.03 Å². The number of ether oxygens (including phenoxy) is 2. The molecule has 2 aromatic rings.